The molecule has 0 unspecified atom stereocenters. The predicted molar refractivity (Wildman–Crippen MR) is 71.1 cm³/mol. The van der Waals surface area contributed by atoms with Crippen LogP contribution >= 0.6 is 11.6 Å². The predicted octanol–water partition coefficient (Wildman–Crippen LogP) is 3.07. The molecule has 2 nitrogen and oxygen atoms in total. The van der Waals surface area contributed by atoms with Crippen LogP contribution in [-0.4, -0.2) is 29.2 Å². The molecule has 18 heavy (non-hydrogen) atoms. The Balaban J connectivity index is 2.02. The summed E-state index contributed by atoms with van der Waals surface area (Å²) in [4.78, 5) is 2.24. The molecule has 2 rings (SSSR count). The minimum absolute atomic E-state index is 0.251. The number of aliphatic hydroxyl groups excluding tert-OH is 1. The Bertz CT molecular complexity index is 411. The fraction of sp³-hybridized carbons (Fsp3) is 0.571. The maximum Gasteiger partial charge on any atom is 0.123 e. The van der Waals surface area contributed by atoms with Gasteiger partial charge in [0.15, 0.2) is 0 Å². The minimum atomic E-state index is -0.282. The van der Waals surface area contributed by atoms with Gasteiger partial charge in [0.25, 0.3) is 0 Å². The van der Waals surface area contributed by atoms with Gasteiger partial charge in [-0.3, -0.25) is 4.90 Å². The summed E-state index contributed by atoms with van der Waals surface area (Å²) in [7, 11) is 0. The first kappa shape index (κ1) is 13.8. The molecule has 2 atom stereocenters. The zero-order chi connectivity index (χ0) is 13.1. The van der Waals surface area contributed by atoms with Crippen LogP contribution in [-0.2, 0) is 6.54 Å². The summed E-state index contributed by atoms with van der Waals surface area (Å²) >= 11 is 6.07. The standard InChI is InChI=1S/C14H19ClFNO/c1-10(18)11-3-2-6-17(8-11)9-12-7-13(16)4-5-14(12)15/h4-5,7,10-11,18H,2-3,6,8-9H2,1H3/t10-,11-/m1/s1. The van der Waals surface area contributed by atoms with Gasteiger partial charge >= 0.3 is 0 Å². The number of halogens is 2. The highest BCUT2D eigenvalue weighted by molar-refractivity contribution is 6.31. The summed E-state index contributed by atoms with van der Waals surface area (Å²) in [6.07, 6.45) is 1.85. The van der Waals surface area contributed by atoms with Crippen molar-refractivity contribution in [3.63, 3.8) is 0 Å². The van der Waals surface area contributed by atoms with Crippen molar-refractivity contribution in [2.75, 3.05) is 13.1 Å². The van der Waals surface area contributed by atoms with E-state index in [1.165, 1.54) is 12.1 Å². The summed E-state index contributed by atoms with van der Waals surface area (Å²) in [6, 6.07) is 4.47. The van der Waals surface area contributed by atoms with Crippen molar-refractivity contribution in [2.45, 2.75) is 32.4 Å². The Kier molecular flexibility index (Phi) is 4.60. The van der Waals surface area contributed by atoms with E-state index in [9.17, 15) is 9.50 Å². The van der Waals surface area contributed by atoms with E-state index >= 15 is 0 Å². The smallest absolute Gasteiger partial charge is 0.123 e. The maximum absolute atomic E-state index is 13.2. The third-order valence-corrected chi connectivity index (χ3v) is 3.99. The van der Waals surface area contributed by atoms with Crippen molar-refractivity contribution in [1.29, 1.82) is 0 Å². The summed E-state index contributed by atoms with van der Waals surface area (Å²) < 4.78 is 13.2. The molecule has 0 aliphatic carbocycles. The Morgan fingerprint density at radius 3 is 3.06 bits per heavy atom. The molecule has 0 amide bonds. The second kappa shape index (κ2) is 6.00. The SMILES string of the molecule is C[C@@H](O)[C@@H]1CCCN(Cc2cc(F)ccc2Cl)C1. The van der Waals surface area contributed by atoms with Crippen molar-refractivity contribution < 1.29 is 9.50 Å². The Morgan fingerprint density at radius 1 is 1.56 bits per heavy atom. The normalized spacial score (nSPS) is 23.0. The summed E-state index contributed by atoms with van der Waals surface area (Å²) in [6.45, 7) is 4.32. The topological polar surface area (TPSA) is 23.5 Å². The lowest BCUT2D eigenvalue weighted by molar-refractivity contribution is 0.0599. The molecule has 1 aromatic rings. The molecule has 0 spiro atoms. The summed E-state index contributed by atoms with van der Waals surface area (Å²) in [5.74, 6) is 0.0598. The van der Waals surface area contributed by atoms with Crippen LogP contribution in [0.15, 0.2) is 18.2 Å². The van der Waals surface area contributed by atoms with E-state index in [1.54, 1.807) is 6.07 Å². The number of hydrogen-bond acceptors (Lipinski definition) is 2. The van der Waals surface area contributed by atoms with Gasteiger partial charge in [-0.05, 0) is 56.0 Å². The Labute approximate surface area is 112 Å². The van der Waals surface area contributed by atoms with Crippen molar-refractivity contribution in [3.05, 3.63) is 34.6 Å². The molecule has 1 saturated heterocycles. The van der Waals surface area contributed by atoms with Gasteiger partial charge in [0.2, 0.25) is 0 Å². The van der Waals surface area contributed by atoms with Gasteiger partial charge in [-0.1, -0.05) is 11.6 Å². The molecule has 1 heterocycles. The van der Waals surface area contributed by atoms with Crippen LogP contribution in [0.2, 0.25) is 5.02 Å². The third-order valence-electron chi connectivity index (χ3n) is 3.63. The fourth-order valence-electron chi connectivity index (χ4n) is 2.53. The van der Waals surface area contributed by atoms with Crippen LogP contribution in [0.4, 0.5) is 4.39 Å². The molecule has 1 aliphatic rings. The lowest BCUT2D eigenvalue weighted by atomic mass is 9.93. The van der Waals surface area contributed by atoms with Crippen LogP contribution < -0.4 is 0 Å². The number of aliphatic hydroxyl groups is 1. The molecule has 1 fully saturated rings. The first-order valence-corrected chi connectivity index (χ1v) is 6.78. The number of piperidine rings is 1. The lowest BCUT2D eigenvalue weighted by Crippen LogP contribution is -2.39. The zero-order valence-corrected chi connectivity index (χ0v) is 11.3. The van der Waals surface area contributed by atoms with Gasteiger partial charge in [0.1, 0.15) is 5.82 Å². The van der Waals surface area contributed by atoms with E-state index in [4.69, 9.17) is 11.6 Å². The number of nitrogens with zero attached hydrogens (tertiary/aromatic N) is 1. The molecular weight excluding hydrogens is 253 g/mol. The van der Waals surface area contributed by atoms with Gasteiger partial charge in [-0.15, -0.1) is 0 Å². The van der Waals surface area contributed by atoms with Gasteiger partial charge in [0, 0.05) is 18.1 Å². The highest BCUT2D eigenvalue weighted by Gasteiger charge is 2.23. The van der Waals surface area contributed by atoms with E-state index in [0.717, 1.165) is 31.5 Å². The quantitative estimate of drug-likeness (QED) is 0.913. The zero-order valence-electron chi connectivity index (χ0n) is 10.6. The van der Waals surface area contributed by atoms with E-state index < -0.39 is 0 Å². The fourth-order valence-corrected chi connectivity index (χ4v) is 2.71. The van der Waals surface area contributed by atoms with Gasteiger partial charge in [-0.25, -0.2) is 4.39 Å². The molecule has 0 radical (unpaired) electrons. The van der Waals surface area contributed by atoms with Crippen LogP contribution in [0.5, 0.6) is 0 Å². The van der Waals surface area contributed by atoms with Gasteiger partial charge in [-0.2, -0.15) is 0 Å². The van der Waals surface area contributed by atoms with Crippen LogP contribution in [0.3, 0.4) is 0 Å². The highest BCUT2D eigenvalue weighted by Crippen LogP contribution is 2.24. The molecule has 1 aliphatic heterocycles. The largest absolute Gasteiger partial charge is 0.393 e. The van der Waals surface area contributed by atoms with E-state index in [1.807, 2.05) is 6.92 Å². The molecule has 4 heteroatoms. The monoisotopic (exact) mass is 271 g/mol. The number of likely N-dealkylation sites (tertiary alicyclic amines) is 1. The van der Waals surface area contributed by atoms with Crippen molar-refractivity contribution >= 4 is 11.6 Å². The molecule has 100 valence electrons. The Morgan fingerprint density at radius 2 is 2.33 bits per heavy atom. The van der Waals surface area contributed by atoms with E-state index in [-0.39, 0.29) is 11.9 Å². The number of rotatable bonds is 3. The summed E-state index contributed by atoms with van der Waals surface area (Å²) in [5, 5.41) is 10.3. The first-order chi connectivity index (χ1) is 8.56. The van der Waals surface area contributed by atoms with Crippen molar-refractivity contribution in [2.24, 2.45) is 5.92 Å². The van der Waals surface area contributed by atoms with Crippen LogP contribution in [0.1, 0.15) is 25.3 Å². The second-order valence-electron chi connectivity index (χ2n) is 5.11. The van der Waals surface area contributed by atoms with Crippen molar-refractivity contribution in [3.8, 4) is 0 Å². The summed E-state index contributed by atoms with van der Waals surface area (Å²) in [5.41, 5.74) is 0.822. The second-order valence-corrected chi connectivity index (χ2v) is 5.52. The number of hydrogen-bond donors (Lipinski definition) is 1. The maximum atomic E-state index is 13.2. The molecular formula is C14H19ClFNO. The van der Waals surface area contributed by atoms with E-state index in [0.29, 0.717) is 17.5 Å². The van der Waals surface area contributed by atoms with E-state index in [2.05, 4.69) is 4.90 Å². The minimum Gasteiger partial charge on any atom is -0.393 e. The van der Waals surface area contributed by atoms with Gasteiger partial charge < -0.3 is 5.11 Å². The molecule has 1 N–H and O–H groups in total. The first-order valence-electron chi connectivity index (χ1n) is 6.40. The highest BCUT2D eigenvalue weighted by atomic mass is 35.5. The van der Waals surface area contributed by atoms with Crippen molar-refractivity contribution in [1.82, 2.24) is 4.90 Å². The average Bonchev–Trinajstić information content (AvgIpc) is 2.34. The van der Waals surface area contributed by atoms with Gasteiger partial charge in [0.05, 0.1) is 6.10 Å². The Hall–Kier alpha value is -0.640. The van der Waals surface area contributed by atoms with Crippen LogP contribution in [0.25, 0.3) is 0 Å². The average molecular weight is 272 g/mol. The van der Waals surface area contributed by atoms with Crippen LogP contribution in [0, 0.1) is 11.7 Å². The third kappa shape index (κ3) is 3.44. The molecule has 1 aromatic carbocycles. The molecule has 0 aromatic heterocycles. The number of benzene rings is 1. The molecule has 0 saturated carbocycles. The lowest BCUT2D eigenvalue weighted by Gasteiger charge is -2.34. The molecule has 0 bridgehead atoms.